The molecule has 2 fully saturated rings. The zero-order valence-corrected chi connectivity index (χ0v) is 28.4. The molecule has 0 saturated carbocycles. The number of allylic oxidation sites excluding steroid dienone is 18. The summed E-state index contributed by atoms with van der Waals surface area (Å²) in [5.74, 6) is 0. The number of fused-ring (bicyclic) bond motifs is 2. The minimum Gasteiger partial charge on any atom is -0.393 e. The van der Waals surface area contributed by atoms with Gasteiger partial charge in [-0.05, 0) is 77.9 Å². The van der Waals surface area contributed by atoms with Crippen molar-refractivity contribution in [2.24, 2.45) is 10.8 Å². The van der Waals surface area contributed by atoms with Gasteiger partial charge in [0, 0.05) is 11.8 Å². The third kappa shape index (κ3) is 8.69. The second-order valence-electron chi connectivity index (χ2n) is 14.6. The van der Waals surface area contributed by atoms with Gasteiger partial charge in [0.15, 0.2) is 0 Å². The Morgan fingerprint density at radius 3 is 1.74 bits per heavy atom. The molecule has 0 spiro atoms. The molecule has 3 heteroatoms. The summed E-state index contributed by atoms with van der Waals surface area (Å²) in [6.45, 7) is 21.3. The fraction of sp³-hybridized carbons (Fsp3) is 0.500. The maximum Gasteiger partial charge on any atom is 0.120 e. The average Bonchev–Trinajstić information content (AvgIpc) is 3.28. The van der Waals surface area contributed by atoms with Gasteiger partial charge in [-0.1, -0.05) is 135 Å². The van der Waals surface area contributed by atoms with E-state index in [4.69, 9.17) is 4.74 Å². The van der Waals surface area contributed by atoms with Crippen LogP contribution in [-0.2, 0) is 4.74 Å². The lowest BCUT2D eigenvalue weighted by Gasteiger charge is -2.46. The van der Waals surface area contributed by atoms with Crippen LogP contribution in [0.5, 0.6) is 0 Å². The summed E-state index contributed by atoms with van der Waals surface area (Å²) in [5.41, 5.74) is 5.72. The molecule has 1 aliphatic carbocycles. The number of aliphatic hydroxyl groups is 2. The molecular formula is C40H56O3. The second kappa shape index (κ2) is 13.9. The molecule has 0 aromatic rings. The van der Waals surface area contributed by atoms with Gasteiger partial charge in [-0.15, -0.1) is 0 Å². The van der Waals surface area contributed by atoms with E-state index in [0.717, 1.165) is 30.4 Å². The molecule has 2 N–H and O–H groups in total. The van der Waals surface area contributed by atoms with Gasteiger partial charge in [0.05, 0.1) is 17.8 Å². The summed E-state index contributed by atoms with van der Waals surface area (Å²) >= 11 is 0. The van der Waals surface area contributed by atoms with E-state index in [0.29, 0.717) is 6.42 Å². The van der Waals surface area contributed by atoms with Crippen LogP contribution in [-0.4, -0.2) is 33.6 Å². The van der Waals surface area contributed by atoms with E-state index in [1.165, 1.54) is 22.3 Å². The predicted octanol–water partition coefficient (Wildman–Crippen LogP) is 9.76. The molecule has 43 heavy (non-hydrogen) atoms. The topological polar surface area (TPSA) is 49.7 Å². The van der Waals surface area contributed by atoms with Crippen molar-refractivity contribution in [3.8, 4) is 0 Å². The van der Waals surface area contributed by atoms with Crippen molar-refractivity contribution in [3.05, 3.63) is 119 Å². The molecule has 0 aromatic carbocycles. The summed E-state index contributed by atoms with van der Waals surface area (Å²) in [6.07, 6.45) is 32.7. The molecule has 0 unspecified atom stereocenters. The maximum absolute atomic E-state index is 11.1. The van der Waals surface area contributed by atoms with Gasteiger partial charge < -0.3 is 14.9 Å². The molecule has 2 saturated heterocycles. The first-order valence-corrected chi connectivity index (χ1v) is 15.9. The second-order valence-corrected chi connectivity index (χ2v) is 14.6. The van der Waals surface area contributed by atoms with Gasteiger partial charge in [0.25, 0.3) is 0 Å². The molecule has 234 valence electrons. The van der Waals surface area contributed by atoms with Crippen LogP contribution in [0.1, 0.15) is 94.9 Å². The van der Waals surface area contributed by atoms with E-state index in [-0.39, 0.29) is 23.0 Å². The van der Waals surface area contributed by atoms with Crippen molar-refractivity contribution < 1.29 is 14.9 Å². The number of ether oxygens (including phenoxy) is 1. The van der Waals surface area contributed by atoms with E-state index in [2.05, 4.69) is 147 Å². The Hall–Kier alpha value is -2.72. The fourth-order valence-corrected chi connectivity index (χ4v) is 7.18. The largest absolute Gasteiger partial charge is 0.393 e. The van der Waals surface area contributed by atoms with Gasteiger partial charge in [0.2, 0.25) is 0 Å². The standard InChI is InChI=1S/C40H56O3/c1-29(17-13-19-31(3)21-22-36-33(5)25-34(41)26-37(36,6)7)15-11-12-16-30(2)18-14-20-32(4)23-24-40-38(8,9)27-35(43-40)28-39(40,10)42/h11-24,34-35,41-42H,25-28H2,1-10H3/b12-11+,17-13+,18-14+,22-21+,24-23+,29-15+,30-16+,31-19+,32-20+/t34-,35+,39-,40+/m1/s1. The summed E-state index contributed by atoms with van der Waals surface area (Å²) < 4.78 is 6.31. The molecule has 0 amide bonds. The number of rotatable bonds is 10. The first-order valence-electron chi connectivity index (χ1n) is 15.9. The SMILES string of the molecule is CC1=C(/C=C/C(C)=C/C=C/C(C)=C/C=C/C=C(C)/C=C/C=C(C)/C=C/[C@]23O[C@@H](CC2(C)C)C[C@@]3(C)O)C(C)(C)C[C@H](O)C1. The lowest BCUT2D eigenvalue weighted by atomic mass is 9.61. The molecule has 3 aliphatic rings. The lowest BCUT2D eigenvalue weighted by Crippen LogP contribution is -2.56. The Morgan fingerprint density at radius 1 is 0.721 bits per heavy atom. The smallest absolute Gasteiger partial charge is 0.120 e. The Balaban J connectivity index is 1.52. The maximum atomic E-state index is 11.1. The van der Waals surface area contributed by atoms with Crippen LogP contribution in [0, 0.1) is 10.8 Å². The van der Waals surface area contributed by atoms with Crippen molar-refractivity contribution in [2.75, 3.05) is 0 Å². The van der Waals surface area contributed by atoms with Crippen molar-refractivity contribution in [1.29, 1.82) is 0 Å². The quantitative estimate of drug-likeness (QED) is 0.251. The molecule has 4 atom stereocenters. The van der Waals surface area contributed by atoms with Crippen LogP contribution in [0.25, 0.3) is 0 Å². The summed E-state index contributed by atoms with van der Waals surface area (Å²) in [7, 11) is 0. The Bertz CT molecular complexity index is 1310. The van der Waals surface area contributed by atoms with Crippen molar-refractivity contribution in [1.82, 2.24) is 0 Å². The predicted molar refractivity (Wildman–Crippen MR) is 184 cm³/mol. The van der Waals surface area contributed by atoms with Gasteiger partial charge in [0.1, 0.15) is 5.60 Å². The third-order valence-electron chi connectivity index (χ3n) is 9.36. The zero-order valence-electron chi connectivity index (χ0n) is 28.4. The summed E-state index contributed by atoms with van der Waals surface area (Å²) in [4.78, 5) is 0. The van der Waals surface area contributed by atoms with E-state index in [1.54, 1.807) is 0 Å². The molecule has 3 rings (SSSR count). The molecule has 2 bridgehead atoms. The Kier molecular flexibility index (Phi) is 11.3. The van der Waals surface area contributed by atoms with Crippen molar-refractivity contribution >= 4 is 0 Å². The fourth-order valence-electron chi connectivity index (χ4n) is 7.18. The highest BCUT2D eigenvalue weighted by atomic mass is 16.5. The van der Waals surface area contributed by atoms with E-state index < -0.39 is 11.2 Å². The van der Waals surface area contributed by atoms with Crippen LogP contribution >= 0.6 is 0 Å². The lowest BCUT2D eigenvalue weighted by molar-refractivity contribution is -0.115. The van der Waals surface area contributed by atoms with Crippen LogP contribution in [0.4, 0.5) is 0 Å². The Morgan fingerprint density at radius 2 is 1.23 bits per heavy atom. The summed E-state index contributed by atoms with van der Waals surface area (Å²) in [5, 5.41) is 21.2. The first kappa shape index (κ1) is 34.8. The number of hydrogen-bond acceptors (Lipinski definition) is 3. The van der Waals surface area contributed by atoms with Gasteiger partial charge >= 0.3 is 0 Å². The minimum atomic E-state index is -0.844. The monoisotopic (exact) mass is 584 g/mol. The number of aliphatic hydroxyl groups excluding tert-OH is 1. The van der Waals surface area contributed by atoms with Crippen LogP contribution in [0.2, 0.25) is 0 Å². The van der Waals surface area contributed by atoms with Gasteiger partial charge in [-0.3, -0.25) is 0 Å². The number of hydrogen-bond donors (Lipinski definition) is 2. The average molecular weight is 585 g/mol. The third-order valence-corrected chi connectivity index (χ3v) is 9.36. The van der Waals surface area contributed by atoms with Crippen LogP contribution in [0.3, 0.4) is 0 Å². The van der Waals surface area contributed by atoms with E-state index in [1.807, 2.05) is 6.92 Å². The van der Waals surface area contributed by atoms with Crippen molar-refractivity contribution in [3.63, 3.8) is 0 Å². The molecule has 3 nitrogen and oxygen atoms in total. The van der Waals surface area contributed by atoms with Gasteiger partial charge in [-0.25, -0.2) is 0 Å². The molecule has 0 radical (unpaired) electrons. The molecular weight excluding hydrogens is 528 g/mol. The van der Waals surface area contributed by atoms with E-state index >= 15 is 0 Å². The van der Waals surface area contributed by atoms with Crippen LogP contribution in [0.15, 0.2) is 119 Å². The van der Waals surface area contributed by atoms with E-state index in [9.17, 15) is 10.2 Å². The first-order chi connectivity index (χ1) is 20.0. The highest BCUT2D eigenvalue weighted by Crippen LogP contribution is 2.60. The minimum absolute atomic E-state index is 0.00123. The van der Waals surface area contributed by atoms with Gasteiger partial charge in [-0.2, -0.15) is 0 Å². The molecule has 2 aliphatic heterocycles. The highest BCUT2D eigenvalue weighted by Gasteiger charge is 2.67. The van der Waals surface area contributed by atoms with Crippen molar-refractivity contribution in [2.45, 2.75) is 118 Å². The molecule has 2 heterocycles. The summed E-state index contributed by atoms with van der Waals surface area (Å²) in [6, 6.07) is 0. The normalized spacial score (nSPS) is 32.3. The Labute approximate surface area is 262 Å². The molecule has 0 aromatic heterocycles. The van der Waals surface area contributed by atoms with Crippen LogP contribution < -0.4 is 0 Å². The zero-order chi connectivity index (χ0) is 32.1. The highest BCUT2D eigenvalue weighted by molar-refractivity contribution is 5.38.